The van der Waals surface area contributed by atoms with Crippen LogP contribution in [-0.2, 0) is 17.6 Å². The fourth-order valence-electron chi connectivity index (χ4n) is 2.98. The maximum atomic E-state index is 6.44. The largest absolute Gasteiger partial charge is 0.372 e. The predicted octanol–water partition coefficient (Wildman–Crippen LogP) is 3.18. The first-order valence-corrected chi connectivity index (χ1v) is 7.25. The van der Waals surface area contributed by atoms with Gasteiger partial charge in [0.2, 0.25) is 0 Å². The van der Waals surface area contributed by atoms with E-state index in [4.69, 9.17) is 10.5 Å². The summed E-state index contributed by atoms with van der Waals surface area (Å²) < 4.78 is 5.95. The molecule has 0 radical (unpaired) electrons. The van der Waals surface area contributed by atoms with Crippen molar-refractivity contribution >= 4 is 0 Å². The molecule has 0 amide bonds. The van der Waals surface area contributed by atoms with E-state index in [0.29, 0.717) is 0 Å². The van der Waals surface area contributed by atoms with Crippen molar-refractivity contribution in [1.82, 2.24) is 0 Å². The van der Waals surface area contributed by atoms with Crippen molar-refractivity contribution < 1.29 is 4.74 Å². The van der Waals surface area contributed by atoms with Gasteiger partial charge in [-0.05, 0) is 42.0 Å². The van der Waals surface area contributed by atoms with Gasteiger partial charge in [-0.15, -0.1) is 0 Å². The second-order valence-electron chi connectivity index (χ2n) is 5.53. The Kier molecular flexibility index (Phi) is 3.86. The number of hydrogen-bond acceptors (Lipinski definition) is 2. The molecule has 1 aliphatic heterocycles. The second kappa shape index (κ2) is 5.78. The average molecular weight is 267 g/mol. The Morgan fingerprint density at radius 1 is 1.15 bits per heavy atom. The third-order valence-electron chi connectivity index (χ3n) is 4.14. The third-order valence-corrected chi connectivity index (χ3v) is 4.14. The van der Waals surface area contributed by atoms with Crippen LogP contribution < -0.4 is 5.73 Å². The van der Waals surface area contributed by atoms with Crippen molar-refractivity contribution in [2.45, 2.75) is 31.9 Å². The van der Waals surface area contributed by atoms with E-state index in [1.807, 2.05) is 0 Å². The molecular weight excluding hydrogens is 246 g/mol. The number of nitrogens with two attached hydrogens (primary N) is 1. The van der Waals surface area contributed by atoms with Gasteiger partial charge in [-0.3, -0.25) is 0 Å². The van der Waals surface area contributed by atoms with E-state index in [-0.39, 0.29) is 12.1 Å². The van der Waals surface area contributed by atoms with Crippen LogP contribution in [0.15, 0.2) is 48.5 Å². The van der Waals surface area contributed by atoms with Crippen molar-refractivity contribution in [1.29, 1.82) is 0 Å². The molecule has 2 unspecified atom stereocenters. The van der Waals surface area contributed by atoms with Gasteiger partial charge in [-0.1, -0.05) is 48.5 Å². The lowest BCUT2D eigenvalue weighted by Gasteiger charge is -2.30. The summed E-state index contributed by atoms with van der Waals surface area (Å²) in [5.74, 6) is 0. The summed E-state index contributed by atoms with van der Waals surface area (Å²) in [7, 11) is 0. The van der Waals surface area contributed by atoms with Crippen LogP contribution in [0.3, 0.4) is 0 Å². The first-order valence-electron chi connectivity index (χ1n) is 7.25. The van der Waals surface area contributed by atoms with E-state index in [0.717, 1.165) is 19.4 Å². The summed E-state index contributed by atoms with van der Waals surface area (Å²) in [6.45, 7) is 2.90. The molecule has 0 aromatic heterocycles. The summed E-state index contributed by atoms with van der Waals surface area (Å²) in [6, 6.07) is 16.9. The summed E-state index contributed by atoms with van der Waals surface area (Å²) in [5, 5.41) is 0. The van der Waals surface area contributed by atoms with E-state index in [2.05, 4.69) is 55.5 Å². The minimum atomic E-state index is -0.00227. The number of fused-ring (bicyclic) bond motifs is 1. The molecule has 20 heavy (non-hydrogen) atoms. The number of hydrogen-bond donors (Lipinski definition) is 1. The Labute approximate surface area is 120 Å². The number of ether oxygens (including phenoxy) is 1. The van der Waals surface area contributed by atoms with Crippen LogP contribution in [0.4, 0.5) is 0 Å². The van der Waals surface area contributed by atoms with E-state index in [1.54, 1.807) is 0 Å². The molecule has 1 heterocycles. The molecule has 104 valence electrons. The average Bonchev–Trinajstić information content (AvgIpc) is 2.49. The second-order valence-corrected chi connectivity index (χ2v) is 5.53. The van der Waals surface area contributed by atoms with E-state index < -0.39 is 0 Å². The maximum absolute atomic E-state index is 6.44. The standard InChI is InChI=1S/C18H21NO/c1-13-6-2-3-8-15(13)12-17(19)18-16-9-5-4-7-14(16)10-11-20-18/h2-9,17-18H,10-12,19H2,1H3. The van der Waals surface area contributed by atoms with Crippen LogP contribution in [0.5, 0.6) is 0 Å². The van der Waals surface area contributed by atoms with Gasteiger partial charge in [0.1, 0.15) is 0 Å². The van der Waals surface area contributed by atoms with Crippen LogP contribution in [0, 0.1) is 6.92 Å². The molecule has 3 rings (SSSR count). The van der Waals surface area contributed by atoms with Crippen molar-refractivity contribution in [2.75, 3.05) is 6.61 Å². The Hall–Kier alpha value is -1.64. The van der Waals surface area contributed by atoms with Crippen LogP contribution in [-0.4, -0.2) is 12.6 Å². The predicted molar refractivity (Wildman–Crippen MR) is 81.7 cm³/mol. The topological polar surface area (TPSA) is 35.2 Å². The Morgan fingerprint density at radius 2 is 1.90 bits per heavy atom. The summed E-state index contributed by atoms with van der Waals surface area (Å²) in [4.78, 5) is 0. The van der Waals surface area contributed by atoms with Crippen LogP contribution in [0.2, 0.25) is 0 Å². The molecular formula is C18H21NO. The lowest BCUT2D eigenvalue weighted by Crippen LogP contribution is -2.35. The number of benzene rings is 2. The lowest BCUT2D eigenvalue weighted by molar-refractivity contribution is 0.0246. The quantitative estimate of drug-likeness (QED) is 0.927. The van der Waals surface area contributed by atoms with Gasteiger partial charge in [0, 0.05) is 6.04 Å². The van der Waals surface area contributed by atoms with Gasteiger partial charge in [-0.25, -0.2) is 0 Å². The van der Waals surface area contributed by atoms with E-state index in [9.17, 15) is 0 Å². The summed E-state index contributed by atoms with van der Waals surface area (Å²) in [5.41, 5.74) is 11.7. The molecule has 0 bridgehead atoms. The van der Waals surface area contributed by atoms with Crippen LogP contribution in [0.1, 0.15) is 28.4 Å². The molecule has 0 saturated heterocycles. The van der Waals surface area contributed by atoms with Crippen molar-refractivity contribution in [3.8, 4) is 0 Å². The molecule has 1 aliphatic rings. The molecule has 2 aromatic rings. The highest BCUT2D eigenvalue weighted by Crippen LogP contribution is 2.30. The third kappa shape index (κ3) is 2.62. The first kappa shape index (κ1) is 13.3. The first-order chi connectivity index (χ1) is 9.75. The zero-order valence-electron chi connectivity index (χ0n) is 11.9. The minimum Gasteiger partial charge on any atom is -0.372 e. The van der Waals surface area contributed by atoms with Gasteiger partial charge < -0.3 is 10.5 Å². The number of rotatable bonds is 3. The van der Waals surface area contributed by atoms with Gasteiger partial charge in [0.25, 0.3) is 0 Å². The molecule has 2 atom stereocenters. The fraction of sp³-hybridized carbons (Fsp3) is 0.333. The zero-order chi connectivity index (χ0) is 13.9. The molecule has 0 saturated carbocycles. The SMILES string of the molecule is Cc1ccccc1CC(N)C1OCCc2ccccc21. The molecule has 0 aliphatic carbocycles. The minimum absolute atomic E-state index is 0.00227. The molecule has 2 N–H and O–H groups in total. The molecule has 0 fully saturated rings. The fourth-order valence-corrected chi connectivity index (χ4v) is 2.98. The monoisotopic (exact) mass is 267 g/mol. The van der Waals surface area contributed by atoms with Gasteiger partial charge >= 0.3 is 0 Å². The maximum Gasteiger partial charge on any atom is 0.0981 e. The lowest BCUT2D eigenvalue weighted by atomic mass is 9.90. The highest BCUT2D eigenvalue weighted by molar-refractivity contribution is 5.33. The highest BCUT2D eigenvalue weighted by atomic mass is 16.5. The molecule has 0 spiro atoms. The van der Waals surface area contributed by atoms with Crippen LogP contribution in [0.25, 0.3) is 0 Å². The van der Waals surface area contributed by atoms with Crippen molar-refractivity contribution in [3.63, 3.8) is 0 Å². The Bertz CT molecular complexity index is 593. The van der Waals surface area contributed by atoms with Gasteiger partial charge in [0.05, 0.1) is 12.7 Å². The van der Waals surface area contributed by atoms with E-state index in [1.165, 1.54) is 22.3 Å². The zero-order valence-corrected chi connectivity index (χ0v) is 11.9. The van der Waals surface area contributed by atoms with Crippen LogP contribution >= 0.6 is 0 Å². The van der Waals surface area contributed by atoms with Gasteiger partial charge in [-0.2, -0.15) is 0 Å². The smallest absolute Gasteiger partial charge is 0.0981 e. The highest BCUT2D eigenvalue weighted by Gasteiger charge is 2.26. The normalized spacial score (nSPS) is 19.4. The molecule has 2 heteroatoms. The van der Waals surface area contributed by atoms with Crippen molar-refractivity contribution in [2.24, 2.45) is 5.73 Å². The molecule has 2 aromatic carbocycles. The Balaban J connectivity index is 1.82. The van der Waals surface area contributed by atoms with E-state index >= 15 is 0 Å². The summed E-state index contributed by atoms with van der Waals surface area (Å²) >= 11 is 0. The summed E-state index contributed by atoms with van der Waals surface area (Å²) in [6.07, 6.45) is 1.86. The Morgan fingerprint density at radius 3 is 2.75 bits per heavy atom. The van der Waals surface area contributed by atoms with Crippen molar-refractivity contribution in [3.05, 3.63) is 70.8 Å². The van der Waals surface area contributed by atoms with Gasteiger partial charge in [0.15, 0.2) is 0 Å². The number of aryl methyl sites for hydroxylation is 1. The molecule has 2 nitrogen and oxygen atoms in total.